The van der Waals surface area contributed by atoms with Crippen LogP contribution in [0.25, 0.3) is 0 Å². The lowest BCUT2D eigenvalue weighted by Gasteiger charge is -2.08. The first-order valence-electron chi connectivity index (χ1n) is 9.03. The standard InChI is InChI=1S/C21H18ClN5O2S/c1-13-11-17(27-20(28)15-6-2-3-7-16(15)22)30-18(13)21(29)26-10-9-25-19-14(12-23)5-4-8-24-19/h2-8,11H,9-10H2,1H3,(H,24,25)(H,26,29)(H,27,28). The van der Waals surface area contributed by atoms with Crippen molar-refractivity contribution in [3.8, 4) is 6.07 Å². The summed E-state index contributed by atoms with van der Waals surface area (Å²) >= 11 is 7.25. The van der Waals surface area contributed by atoms with E-state index in [2.05, 4.69) is 27.0 Å². The molecular weight excluding hydrogens is 422 g/mol. The van der Waals surface area contributed by atoms with Gasteiger partial charge in [-0.05, 0) is 42.8 Å². The van der Waals surface area contributed by atoms with Crippen LogP contribution in [0.15, 0.2) is 48.7 Å². The molecule has 152 valence electrons. The number of amides is 2. The van der Waals surface area contributed by atoms with Gasteiger partial charge in [-0.25, -0.2) is 4.98 Å². The van der Waals surface area contributed by atoms with Crippen LogP contribution >= 0.6 is 22.9 Å². The highest BCUT2D eigenvalue weighted by molar-refractivity contribution is 7.18. The number of hydrogen-bond donors (Lipinski definition) is 3. The summed E-state index contributed by atoms with van der Waals surface area (Å²) in [5, 5.41) is 18.6. The highest BCUT2D eigenvalue weighted by atomic mass is 35.5. The van der Waals surface area contributed by atoms with E-state index in [1.165, 1.54) is 11.3 Å². The first-order valence-corrected chi connectivity index (χ1v) is 10.2. The molecule has 30 heavy (non-hydrogen) atoms. The second-order valence-electron chi connectivity index (χ2n) is 6.25. The molecule has 0 saturated heterocycles. The van der Waals surface area contributed by atoms with Gasteiger partial charge >= 0.3 is 0 Å². The third-order valence-corrected chi connectivity index (χ3v) is 5.59. The summed E-state index contributed by atoms with van der Waals surface area (Å²) in [6, 6.07) is 13.9. The van der Waals surface area contributed by atoms with Gasteiger partial charge in [-0.2, -0.15) is 5.26 Å². The molecule has 2 amide bonds. The Kier molecular flexibility index (Phi) is 7.01. The largest absolute Gasteiger partial charge is 0.367 e. The van der Waals surface area contributed by atoms with Gasteiger partial charge in [-0.1, -0.05) is 23.7 Å². The van der Waals surface area contributed by atoms with Gasteiger partial charge in [0, 0.05) is 19.3 Å². The van der Waals surface area contributed by atoms with Crippen molar-refractivity contribution in [2.45, 2.75) is 6.92 Å². The number of aromatic nitrogens is 1. The van der Waals surface area contributed by atoms with E-state index in [0.717, 1.165) is 5.56 Å². The number of nitrogens with zero attached hydrogens (tertiary/aromatic N) is 2. The normalized spacial score (nSPS) is 10.2. The van der Waals surface area contributed by atoms with Gasteiger partial charge in [-0.3, -0.25) is 9.59 Å². The summed E-state index contributed by atoms with van der Waals surface area (Å²) in [5.41, 5.74) is 1.57. The molecule has 3 N–H and O–H groups in total. The van der Waals surface area contributed by atoms with Gasteiger partial charge in [0.05, 0.1) is 26.0 Å². The second-order valence-corrected chi connectivity index (χ2v) is 7.71. The molecule has 2 heterocycles. The molecule has 3 aromatic rings. The van der Waals surface area contributed by atoms with Gasteiger partial charge in [0.2, 0.25) is 0 Å². The van der Waals surface area contributed by atoms with Crippen LogP contribution in [0.3, 0.4) is 0 Å². The minimum absolute atomic E-state index is 0.237. The number of thiophene rings is 1. The van der Waals surface area contributed by atoms with Crippen LogP contribution in [0.4, 0.5) is 10.8 Å². The number of benzene rings is 1. The maximum absolute atomic E-state index is 12.5. The molecule has 0 aliphatic rings. The van der Waals surface area contributed by atoms with Gasteiger partial charge < -0.3 is 16.0 Å². The summed E-state index contributed by atoms with van der Waals surface area (Å²) < 4.78 is 0. The molecule has 0 fully saturated rings. The van der Waals surface area contributed by atoms with Crippen LogP contribution in [0.2, 0.25) is 5.02 Å². The zero-order chi connectivity index (χ0) is 21.5. The summed E-state index contributed by atoms with van der Waals surface area (Å²) in [6.45, 7) is 2.57. The number of carbonyl (C=O) groups is 2. The van der Waals surface area contributed by atoms with E-state index in [1.807, 2.05) is 6.92 Å². The fourth-order valence-corrected chi connectivity index (χ4v) is 3.87. The van der Waals surface area contributed by atoms with E-state index in [0.29, 0.717) is 44.9 Å². The Morgan fingerprint density at radius 1 is 1.17 bits per heavy atom. The van der Waals surface area contributed by atoms with Crippen LogP contribution in [0, 0.1) is 18.3 Å². The maximum atomic E-state index is 12.5. The van der Waals surface area contributed by atoms with E-state index in [9.17, 15) is 9.59 Å². The van der Waals surface area contributed by atoms with Gasteiger partial charge in [-0.15, -0.1) is 11.3 Å². The molecule has 0 atom stereocenters. The molecule has 0 spiro atoms. The van der Waals surface area contributed by atoms with Crippen LogP contribution in [0.5, 0.6) is 0 Å². The second kappa shape index (κ2) is 9.87. The topological polar surface area (TPSA) is 107 Å². The Morgan fingerprint density at radius 2 is 1.97 bits per heavy atom. The Morgan fingerprint density at radius 3 is 2.73 bits per heavy atom. The van der Waals surface area contributed by atoms with E-state index < -0.39 is 0 Å². The van der Waals surface area contributed by atoms with Crippen LogP contribution < -0.4 is 16.0 Å². The van der Waals surface area contributed by atoms with Crippen LogP contribution in [-0.2, 0) is 0 Å². The molecule has 0 bridgehead atoms. The quantitative estimate of drug-likeness (QED) is 0.481. The zero-order valence-electron chi connectivity index (χ0n) is 16.0. The Bertz CT molecular complexity index is 1120. The fourth-order valence-electron chi connectivity index (χ4n) is 2.67. The number of rotatable bonds is 7. The molecule has 2 aromatic heterocycles. The maximum Gasteiger partial charge on any atom is 0.261 e. The van der Waals surface area contributed by atoms with Crippen molar-refractivity contribution in [1.29, 1.82) is 5.26 Å². The monoisotopic (exact) mass is 439 g/mol. The fraction of sp³-hybridized carbons (Fsp3) is 0.143. The lowest BCUT2D eigenvalue weighted by molar-refractivity contribution is 0.0957. The average Bonchev–Trinajstić information content (AvgIpc) is 3.11. The first-order chi connectivity index (χ1) is 14.5. The van der Waals surface area contributed by atoms with Crippen molar-refractivity contribution in [1.82, 2.24) is 10.3 Å². The van der Waals surface area contributed by atoms with Crippen molar-refractivity contribution in [3.05, 3.63) is 75.3 Å². The molecule has 7 nitrogen and oxygen atoms in total. The summed E-state index contributed by atoms with van der Waals surface area (Å²) in [5.74, 6) is -0.0909. The average molecular weight is 440 g/mol. The number of nitriles is 1. The molecule has 3 rings (SSSR count). The molecule has 0 aliphatic heterocycles. The molecule has 9 heteroatoms. The molecule has 0 radical (unpaired) electrons. The van der Waals surface area contributed by atoms with Crippen molar-refractivity contribution in [2.75, 3.05) is 23.7 Å². The predicted octanol–water partition coefficient (Wildman–Crippen LogP) is 4.07. The first kappa shape index (κ1) is 21.3. The van der Waals surface area contributed by atoms with Gasteiger partial charge in [0.1, 0.15) is 11.9 Å². The molecule has 0 aliphatic carbocycles. The Balaban J connectivity index is 1.55. The van der Waals surface area contributed by atoms with Crippen molar-refractivity contribution in [2.24, 2.45) is 0 Å². The number of hydrogen-bond acceptors (Lipinski definition) is 6. The lowest BCUT2D eigenvalue weighted by atomic mass is 10.2. The molecular formula is C21H18ClN5O2S. The van der Waals surface area contributed by atoms with Crippen LogP contribution in [-0.4, -0.2) is 29.9 Å². The smallest absolute Gasteiger partial charge is 0.261 e. The van der Waals surface area contributed by atoms with Crippen molar-refractivity contribution < 1.29 is 9.59 Å². The third-order valence-electron chi connectivity index (χ3n) is 4.11. The molecule has 1 aromatic carbocycles. The Labute approximate surface area is 182 Å². The van der Waals surface area contributed by atoms with Crippen molar-refractivity contribution in [3.63, 3.8) is 0 Å². The number of halogens is 1. The van der Waals surface area contributed by atoms with Crippen molar-refractivity contribution >= 4 is 45.6 Å². The van der Waals surface area contributed by atoms with Gasteiger partial charge in [0.15, 0.2) is 0 Å². The number of carbonyl (C=O) groups excluding carboxylic acids is 2. The number of anilines is 2. The minimum atomic E-state index is -0.332. The van der Waals surface area contributed by atoms with E-state index in [4.69, 9.17) is 16.9 Å². The van der Waals surface area contributed by atoms with Gasteiger partial charge in [0.25, 0.3) is 11.8 Å². The minimum Gasteiger partial charge on any atom is -0.367 e. The SMILES string of the molecule is Cc1cc(NC(=O)c2ccccc2Cl)sc1C(=O)NCCNc1ncccc1C#N. The third kappa shape index (κ3) is 5.14. The molecule has 0 unspecified atom stereocenters. The summed E-state index contributed by atoms with van der Waals surface area (Å²) in [7, 11) is 0. The highest BCUT2D eigenvalue weighted by Gasteiger charge is 2.16. The number of nitrogens with one attached hydrogen (secondary N) is 3. The number of aryl methyl sites for hydroxylation is 1. The summed E-state index contributed by atoms with van der Waals surface area (Å²) in [6.07, 6.45) is 1.59. The Hall–Kier alpha value is -3.41. The summed E-state index contributed by atoms with van der Waals surface area (Å²) in [4.78, 5) is 29.5. The lowest BCUT2D eigenvalue weighted by Crippen LogP contribution is -2.28. The number of pyridine rings is 1. The van der Waals surface area contributed by atoms with E-state index in [1.54, 1.807) is 48.7 Å². The zero-order valence-corrected chi connectivity index (χ0v) is 17.6. The van der Waals surface area contributed by atoms with Crippen LogP contribution in [0.1, 0.15) is 31.2 Å². The van der Waals surface area contributed by atoms with E-state index >= 15 is 0 Å². The predicted molar refractivity (Wildman–Crippen MR) is 118 cm³/mol. The van der Waals surface area contributed by atoms with E-state index in [-0.39, 0.29) is 11.8 Å². The molecule has 0 saturated carbocycles. The highest BCUT2D eigenvalue weighted by Crippen LogP contribution is 2.27.